The predicted octanol–water partition coefficient (Wildman–Crippen LogP) is 4.32. The highest BCUT2D eigenvalue weighted by Gasteiger charge is 2.27. The number of halogens is 2. The summed E-state index contributed by atoms with van der Waals surface area (Å²) < 4.78 is 13.1. The lowest BCUT2D eigenvalue weighted by molar-refractivity contribution is 0.0327. The maximum Gasteiger partial charge on any atom is 0.141 e. The first-order valence-electron chi connectivity index (χ1n) is 6.27. The van der Waals surface area contributed by atoms with E-state index in [4.69, 9.17) is 11.6 Å². The van der Waals surface area contributed by atoms with E-state index in [9.17, 15) is 9.50 Å². The van der Waals surface area contributed by atoms with Gasteiger partial charge in [0.1, 0.15) is 5.82 Å². The van der Waals surface area contributed by atoms with E-state index in [0.717, 1.165) is 11.1 Å². The summed E-state index contributed by atoms with van der Waals surface area (Å²) in [6, 6.07) is 14.1. The van der Waals surface area contributed by atoms with Crippen LogP contribution in [0.1, 0.15) is 24.5 Å². The van der Waals surface area contributed by atoms with E-state index in [0.29, 0.717) is 12.8 Å². The molecule has 0 heterocycles. The molecule has 19 heavy (non-hydrogen) atoms. The van der Waals surface area contributed by atoms with Crippen molar-refractivity contribution in [1.29, 1.82) is 0 Å². The molecule has 1 nitrogen and oxygen atoms in total. The van der Waals surface area contributed by atoms with Crippen molar-refractivity contribution < 1.29 is 9.50 Å². The van der Waals surface area contributed by atoms with Gasteiger partial charge < -0.3 is 5.11 Å². The van der Waals surface area contributed by atoms with Crippen LogP contribution in [-0.4, -0.2) is 5.11 Å². The first-order chi connectivity index (χ1) is 9.05. The Morgan fingerprint density at radius 1 is 1.16 bits per heavy atom. The van der Waals surface area contributed by atoms with Gasteiger partial charge in [-0.3, -0.25) is 0 Å². The van der Waals surface area contributed by atoms with E-state index in [1.165, 1.54) is 6.07 Å². The van der Waals surface area contributed by atoms with E-state index >= 15 is 0 Å². The summed E-state index contributed by atoms with van der Waals surface area (Å²) in [5.41, 5.74) is 0.722. The molecule has 1 unspecified atom stereocenters. The van der Waals surface area contributed by atoms with Gasteiger partial charge in [-0.2, -0.15) is 0 Å². The van der Waals surface area contributed by atoms with Crippen LogP contribution in [0.4, 0.5) is 4.39 Å². The van der Waals surface area contributed by atoms with Gasteiger partial charge >= 0.3 is 0 Å². The third-order valence-corrected chi connectivity index (χ3v) is 3.67. The van der Waals surface area contributed by atoms with Crippen molar-refractivity contribution in [2.24, 2.45) is 0 Å². The lowest BCUT2D eigenvalue weighted by atomic mass is 9.85. The van der Waals surface area contributed by atoms with Crippen LogP contribution < -0.4 is 0 Å². The lowest BCUT2D eigenvalue weighted by Gasteiger charge is -2.27. The Bertz CT molecular complexity index is 556. The van der Waals surface area contributed by atoms with E-state index in [1.54, 1.807) is 12.1 Å². The van der Waals surface area contributed by atoms with Crippen LogP contribution in [0.2, 0.25) is 5.02 Å². The van der Waals surface area contributed by atoms with Crippen molar-refractivity contribution in [2.75, 3.05) is 0 Å². The topological polar surface area (TPSA) is 20.2 Å². The number of rotatable bonds is 4. The van der Waals surface area contributed by atoms with Gasteiger partial charge in [0, 0.05) is 6.42 Å². The molecule has 0 amide bonds. The van der Waals surface area contributed by atoms with Crippen molar-refractivity contribution in [3.8, 4) is 0 Å². The summed E-state index contributed by atoms with van der Waals surface area (Å²) in [4.78, 5) is 0. The standard InChI is InChI=1S/C16H16ClFO/c1-2-16(19,13-6-4-3-5-7-13)11-12-8-9-15(18)14(17)10-12/h3-10,19H,2,11H2,1H3. The normalized spacial score (nSPS) is 14.1. The summed E-state index contributed by atoms with van der Waals surface area (Å²) in [5.74, 6) is -0.440. The molecule has 0 radical (unpaired) electrons. The molecule has 0 saturated carbocycles. The Kier molecular flexibility index (Phi) is 4.23. The van der Waals surface area contributed by atoms with Crippen molar-refractivity contribution in [2.45, 2.75) is 25.4 Å². The van der Waals surface area contributed by atoms with Crippen LogP contribution in [0.3, 0.4) is 0 Å². The van der Waals surface area contributed by atoms with E-state index < -0.39 is 11.4 Å². The highest BCUT2D eigenvalue weighted by atomic mass is 35.5. The minimum absolute atomic E-state index is 0.0871. The smallest absolute Gasteiger partial charge is 0.141 e. The summed E-state index contributed by atoms with van der Waals surface area (Å²) in [7, 11) is 0. The van der Waals surface area contributed by atoms with Gasteiger partial charge in [-0.1, -0.05) is 54.9 Å². The Hall–Kier alpha value is -1.38. The van der Waals surface area contributed by atoms with E-state index in [2.05, 4.69) is 0 Å². The zero-order valence-electron chi connectivity index (χ0n) is 10.7. The molecule has 0 spiro atoms. The first-order valence-corrected chi connectivity index (χ1v) is 6.65. The number of hydrogen-bond donors (Lipinski definition) is 1. The Morgan fingerprint density at radius 3 is 2.42 bits per heavy atom. The fourth-order valence-electron chi connectivity index (χ4n) is 2.17. The summed E-state index contributed by atoms with van der Waals surface area (Å²) in [6.45, 7) is 1.93. The Labute approximate surface area is 117 Å². The third kappa shape index (κ3) is 3.14. The van der Waals surface area contributed by atoms with Crippen LogP contribution in [0, 0.1) is 5.82 Å². The van der Waals surface area contributed by atoms with Gasteiger partial charge in [0.25, 0.3) is 0 Å². The molecule has 0 fully saturated rings. The van der Waals surface area contributed by atoms with E-state index in [-0.39, 0.29) is 5.02 Å². The molecule has 0 aliphatic rings. The predicted molar refractivity (Wildman–Crippen MR) is 75.7 cm³/mol. The quantitative estimate of drug-likeness (QED) is 0.883. The number of benzene rings is 2. The van der Waals surface area contributed by atoms with Crippen LogP contribution >= 0.6 is 11.6 Å². The molecule has 0 aliphatic heterocycles. The SMILES string of the molecule is CCC(O)(Cc1ccc(F)c(Cl)c1)c1ccccc1. The summed E-state index contributed by atoms with van der Waals surface area (Å²) in [5, 5.41) is 10.9. The fraction of sp³-hybridized carbons (Fsp3) is 0.250. The zero-order valence-corrected chi connectivity index (χ0v) is 11.5. The minimum atomic E-state index is -0.956. The highest BCUT2D eigenvalue weighted by Crippen LogP contribution is 2.30. The van der Waals surface area contributed by atoms with Crippen LogP contribution in [0.25, 0.3) is 0 Å². The Balaban J connectivity index is 2.30. The summed E-state index contributed by atoms with van der Waals surface area (Å²) >= 11 is 5.78. The first kappa shape index (κ1) is 14.0. The molecule has 100 valence electrons. The van der Waals surface area contributed by atoms with Crippen molar-refractivity contribution in [3.05, 3.63) is 70.5 Å². The second-order valence-corrected chi connectivity index (χ2v) is 5.08. The molecule has 3 heteroatoms. The van der Waals surface area contributed by atoms with Gasteiger partial charge in [0.05, 0.1) is 10.6 Å². The van der Waals surface area contributed by atoms with Crippen LogP contribution in [0.5, 0.6) is 0 Å². The molecule has 2 rings (SSSR count). The summed E-state index contributed by atoms with van der Waals surface area (Å²) in [6.07, 6.45) is 0.986. The molecule has 1 N–H and O–H groups in total. The minimum Gasteiger partial charge on any atom is -0.385 e. The maximum absolute atomic E-state index is 13.1. The van der Waals surface area contributed by atoms with Gasteiger partial charge in [0.15, 0.2) is 0 Å². The molecule has 2 aromatic rings. The van der Waals surface area contributed by atoms with Gasteiger partial charge in [-0.15, -0.1) is 0 Å². The van der Waals surface area contributed by atoms with E-state index in [1.807, 2.05) is 37.3 Å². The maximum atomic E-state index is 13.1. The van der Waals surface area contributed by atoms with Crippen molar-refractivity contribution in [3.63, 3.8) is 0 Å². The molecule has 0 aliphatic carbocycles. The largest absolute Gasteiger partial charge is 0.385 e. The van der Waals surface area contributed by atoms with Gasteiger partial charge in [-0.05, 0) is 29.7 Å². The van der Waals surface area contributed by atoms with Crippen LogP contribution in [0.15, 0.2) is 48.5 Å². The molecule has 0 bridgehead atoms. The second-order valence-electron chi connectivity index (χ2n) is 4.68. The lowest BCUT2D eigenvalue weighted by Crippen LogP contribution is -2.27. The third-order valence-electron chi connectivity index (χ3n) is 3.38. The van der Waals surface area contributed by atoms with Crippen LogP contribution in [-0.2, 0) is 12.0 Å². The highest BCUT2D eigenvalue weighted by molar-refractivity contribution is 6.30. The molecule has 0 aromatic heterocycles. The number of aliphatic hydroxyl groups is 1. The fourth-order valence-corrected chi connectivity index (χ4v) is 2.37. The molecule has 1 atom stereocenters. The average Bonchev–Trinajstić information content (AvgIpc) is 2.44. The van der Waals surface area contributed by atoms with Crippen molar-refractivity contribution >= 4 is 11.6 Å². The number of hydrogen-bond acceptors (Lipinski definition) is 1. The molecule has 0 saturated heterocycles. The second kappa shape index (κ2) is 5.72. The molecular formula is C16H16ClFO. The van der Waals surface area contributed by atoms with Crippen molar-refractivity contribution in [1.82, 2.24) is 0 Å². The van der Waals surface area contributed by atoms with Gasteiger partial charge in [-0.25, -0.2) is 4.39 Å². The molecule has 2 aromatic carbocycles. The average molecular weight is 279 g/mol. The Morgan fingerprint density at radius 2 is 1.84 bits per heavy atom. The monoisotopic (exact) mass is 278 g/mol. The van der Waals surface area contributed by atoms with Gasteiger partial charge in [0.2, 0.25) is 0 Å². The zero-order chi connectivity index (χ0) is 13.9. The molecular weight excluding hydrogens is 263 g/mol.